The number of rotatable bonds is 7. The van der Waals surface area contributed by atoms with E-state index in [-0.39, 0.29) is 0 Å². The second-order valence-electron chi connectivity index (χ2n) is 8.05. The van der Waals surface area contributed by atoms with Crippen LogP contribution in [0.3, 0.4) is 0 Å². The summed E-state index contributed by atoms with van der Waals surface area (Å²) in [6.45, 7) is 5.64. The van der Waals surface area contributed by atoms with Gasteiger partial charge in [0.05, 0.1) is 23.4 Å². The third-order valence-electron chi connectivity index (χ3n) is 5.76. The zero-order valence-electron chi connectivity index (χ0n) is 18.0. The largest absolute Gasteiger partial charge is 0.379 e. The van der Waals surface area contributed by atoms with Crippen molar-refractivity contribution in [3.8, 4) is 10.6 Å². The highest BCUT2D eigenvalue weighted by Crippen LogP contribution is 2.32. The summed E-state index contributed by atoms with van der Waals surface area (Å²) in [6.07, 6.45) is 4.75. The SMILES string of the molecule is NC1(c2cccc(-c3nc4ccccc4s3)c2)N=CC=C(NCCCN2CCOCC2)N1. The second-order valence-corrected chi connectivity index (χ2v) is 9.08. The molecule has 0 aliphatic carbocycles. The molecule has 166 valence electrons. The fraction of sp³-hybridized carbons (Fsp3) is 0.333. The molecule has 1 unspecified atom stereocenters. The highest BCUT2D eigenvalue weighted by Gasteiger charge is 2.29. The molecule has 5 rings (SSSR count). The van der Waals surface area contributed by atoms with Gasteiger partial charge in [0.15, 0.2) is 0 Å². The molecule has 0 bridgehead atoms. The number of hydrogen-bond acceptors (Lipinski definition) is 8. The van der Waals surface area contributed by atoms with Gasteiger partial charge in [0, 0.05) is 37.0 Å². The molecular formula is C24H28N6OS. The summed E-state index contributed by atoms with van der Waals surface area (Å²) >= 11 is 1.68. The Balaban J connectivity index is 1.24. The summed E-state index contributed by atoms with van der Waals surface area (Å²) < 4.78 is 6.59. The van der Waals surface area contributed by atoms with Crippen molar-refractivity contribution in [3.63, 3.8) is 0 Å². The van der Waals surface area contributed by atoms with Crippen molar-refractivity contribution in [1.82, 2.24) is 20.5 Å². The molecule has 4 N–H and O–H groups in total. The lowest BCUT2D eigenvalue weighted by Gasteiger charge is -2.32. The van der Waals surface area contributed by atoms with E-state index in [1.54, 1.807) is 17.6 Å². The third kappa shape index (κ3) is 4.68. The Morgan fingerprint density at radius 3 is 2.91 bits per heavy atom. The standard InChI is InChI=1S/C24H28N6OS/c25-24(27-11-9-22(29-24)26-10-4-12-30-13-15-31-16-14-30)19-6-3-5-18(17-19)23-28-20-7-1-2-8-21(20)32-23/h1-3,5-9,11,17,26,29H,4,10,12-16,25H2. The van der Waals surface area contributed by atoms with E-state index in [2.05, 4.69) is 38.7 Å². The smallest absolute Gasteiger partial charge is 0.210 e. The van der Waals surface area contributed by atoms with Crippen molar-refractivity contribution in [2.45, 2.75) is 12.2 Å². The van der Waals surface area contributed by atoms with Gasteiger partial charge in [-0.3, -0.25) is 10.6 Å². The number of para-hydroxylation sites is 1. The molecule has 32 heavy (non-hydrogen) atoms. The van der Waals surface area contributed by atoms with Gasteiger partial charge in [0.1, 0.15) is 10.8 Å². The van der Waals surface area contributed by atoms with Crippen LogP contribution in [0.15, 0.2) is 65.4 Å². The predicted molar refractivity (Wildman–Crippen MR) is 131 cm³/mol. The van der Waals surface area contributed by atoms with E-state index in [0.717, 1.165) is 73.3 Å². The van der Waals surface area contributed by atoms with Crippen LogP contribution in [0.25, 0.3) is 20.8 Å². The Kier molecular flexibility index (Phi) is 6.18. The molecule has 3 heterocycles. The van der Waals surface area contributed by atoms with Gasteiger partial charge in [0.25, 0.3) is 0 Å². The minimum absolute atomic E-state index is 0.836. The average Bonchev–Trinajstić information content (AvgIpc) is 3.27. The lowest BCUT2D eigenvalue weighted by atomic mass is 10.0. The number of nitrogens with two attached hydrogens (primary N) is 1. The first kappa shape index (κ1) is 21.1. The van der Waals surface area contributed by atoms with Crippen LogP contribution in [0.5, 0.6) is 0 Å². The van der Waals surface area contributed by atoms with Crippen molar-refractivity contribution < 1.29 is 4.74 Å². The van der Waals surface area contributed by atoms with Crippen LogP contribution in [0.4, 0.5) is 0 Å². The first-order valence-electron chi connectivity index (χ1n) is 11.0. The molecule has 8 heteroatoms. The fourth-order valence-electron chi connectivity index (χ4n) is 3.99. The van der Waals surface area contributed by atoms with Gasteiger partial charge in [-0.05, 0) is 37.2 Å². The molecule has 1 atom stereocenters. The number of hydrogen-bond donors (Lipinski definition) is 3. The topological polar surface area (TPSA) is 87.8 Å². The molecule has 1 aromatic heterocycles. The lowest BCUT2D eigenvalue weighted by Crippen LogP contribution is -2.52. The van der Waals surface area contributed by atoms with Crippen molar-refractivity contribution in [1.29, 1.82) is 0 Å². The molecule has 2 aliphatic heterocycles. The minimum Gasteiger partial charge on any atom is -0.379 e. The first-order valence-corrected chi connectivity index (χ1v) is 11.8. The molecule has 1 fully saturated rings. The Hall–Kier alpha value is -2.78. The second kappa shape index (κ2) is 9.38. The summed E-state index contributed by atoms with van der Waals surface area (Å²) in [4.78, 5) is 11.8. The van der Waals surface area contributed by atoms with Crippen LogP contribution in [0.2, 0.25) is 0 Å². The molecular weight excluding hydrogens is 420 g/mol. The van der Waals surface area contributed by atoms with Gasteiger partial charge in [-0.25, -0.2) is 9.98 Å². The maximum Gasteiger partial charge on any atom is 0.210 e. The van der Waals surface area contributed by atoms with Crippen LogP contribution in [-0.4, -0.2) is 55.5 Å². The van der Waals surface area contributed by atoms with Gasteiger partial charge in [-0.2, -0.15) is 0 Å². The molecule has 0 radical (unpaired) electrons. The molecule has 2 aromatic carbocycles. The number of nitrogens with zero attached hydrogens (tertiary/aromatic N) is 3. The number of nitrogens with one attached hydrogen (secondary N) is 2. The maximum atomic E-state index is 6.69. The van der Waals surface area contributed by atoms with E-state index in [0.29, 0.717) is 0 Å². The number of morpholine rings is 1. The van der Waals surface area contributed by atoms with Crippen molar-refractivity contribution in [2.75, 3.05) is 39.4 Å². The Labute approximate surface area is 192 Å². The van der Waals surface area contributed by atoms with Crippen LogP contribution >= 0.6 is 11.3 Å². The molecule has 0 saturated carbocycles. The quantitative estimate of drug-likeness (QED) is 0.482. The van der Waals surface area contributed by atoms with E-state index in [1.165, 1.54) is 4.70 Å². The lowest BCUT2D eigenvalue weighted by molar-refractivity contribution is 0.0375. The first-order chi connectivity index (χ1) is 15.7. The van der Waals surface area contributed by atoms with Crippen molar-refractivity contribution in [2.24, 2.45) is 10.7 Å². The molecule has 3 aromatic rings. The van der Waals surface area contributed by atoms with E-state index >= 15 is 0 Å². The van der Waals surface area contributed by atoms with Crippen molar-refractivity contribution in [3.05, 3.63) is 66.0 Å². The Bertz CT molecular complexity index is 1100. The molecule has 0 amide bonds. The van der Waals surface area contributed by atoms with E-state index < -0.39 is 5.79 Å². The van der Waals surface area contributed by atoms with Gasteiger partial charge < -0.3 is 15.4 Å². The van der Waals surface area contributed by atoms with Gasteiger partial charge in [-0.1, -0.05) is 30.3 Å². The van der Waals surface area contributed by atoms with E-state index in [9.17, 15) is 0 Å². The number of aromatic nitrogens is 1. The molecule has 0 spiro atoms. The summed E-state index contributed by atoms with van der Waals surface area (Å²) in [6, 6.07) is 16.3. The molecule has 2 aliphatic rings. The van der Waals surface area contributed by atoms with Crippen LogP contribution in [0, 0.1) is 0 Å². The highest BCUT2D eigenvalue weighted by atomic mass is 32.1. The van der Waals surface area contributed by atoms with Crippen molar-refractivity contribution >= 4 is 27.8 Å². The van der Waals surface area contributed by atoms with E-state index in [1.807, 2.05) is 36.4 Å². The Morgan fingerprint density at radius 2 is 2.03 bits per heavy atom. The van der Waals surface area contributed by atoms with Gasteiger partial charge in [0.2, 0.25) is 5.79 Å². The number of allylic oxidation sites excluding steroid dienone is 1. The van der Waals surface area contributed by atoms with Crippen LogP contribution in [0.1, 0.15) is 12.0 Å². The zero-order chi connectivity index (χ0) is 21.8. The third-order valence-corrected chi connectivity index (χ3v) is 6.84. The number of aliphatic imine (C=N–C) groups is 1. The Morgan fingerprint density at radius 1 is 1.16 bits per heavy atom. The van der Waals surface area contributed by atoms with Gasteiger partial charge in [-0.15, -0.1) is 11.3 Å². The van der Waals surface area contributed by atoms with Crippen LogP contribution < -0.4 is 16.4 Å². The highest BCUT2D eigenvalue weighted by molar-refractivity contribution is 7.21. The predicted octanol–water partition coefficient (Wildman–Crippen LogP) is 2.86. The molecule has 1 saturated heterocycles. The fourth-order valence-corrected chi connectivity index (χ4v) is 4.96. The average molecular weight is 449 g/mol. The summed E-state index contributed by atoms with van der Waals surface area (Å²) in [5.41, 5.74) is 9.64. The van der Waals surface area contributed by atoms with Gasteiger partial charge >= 0.3 is 0 Å². The zero-order valence-corrected chi connectivity index (χ0v) is 18.8. The summed E-state index contributed by atoms with van der Waals surface area (Å²) in [5, 5.41) is 7.81. The minimum atomic E-state index is -1.02. The number of thiazole rings is 1. The van der Waals surface area contributed by atoms with Crippen LogP contribution in [-0.2, 0) is 10.5 Å². The number of benzene rings is 2. The van der Waals surface area contributed by atoms with E-state index in [4.69, 9.17) is 15.5 Å². The molecule has 7 nitrogen and oxygen atoms in total. The monoisotopic (exact) mass is 448 g/mol. The normalized spacial score (nSPS) is 21.3. The summed E-state index contributed by atoms with van der Waals surface area (Å²) in [5.74, 6) is -0.136. The maximum absolute atomic E-state index is 6.69. The number of ether oxygens (including phenoxy) is 1. The number of fused-ring (bicyclic) bond motifs is 1. The summed E-state index contributed by atoms with van der Waals surface area (Å²) in [7, 11) is 0.